The van der Waals surface area contributed by atoms with Crippen molar-refractivity contribution in [2.75, 3.05) is 10.6 Å². The van der Waals surface area contributed by atoms with E-state index in [1.807, 2.05) is 6.07 Å². The zero-order chi connectivity index (χ0) is 28.0. The van der Waals surface area contributed by atoms with Crippen molar-refractivity contribution < 1.29 is 10.2 Å². The fourth-order valence-corrected chi connectivity index (χ4v) is 4.67. The average molecular weight is 564 g/mol. The van der Waals surface area contributed by atoms with Crippen molar-refractivity contribution in [1.82, 2.24) is 25.0 Å². The highest BCUT2D eigenvalue weighted by Crippen LogP contribution is 2.39. The molecule has 3 aromatic heterocycles. The predicted molar refractivity (Wildman–Crippen MR) is 144 cm³/mol. The molecule has 1 fully saturated rings. The highest BCUT2D eigenvalue weighted by atomic mass is 35.5. The molecule has 8 nitrogen and oxygen atoms in total. The van der Waals surface area contributed by atoms with Crippen LogP contribution in [0.2, 0.25) is 10.0 Å². The summed E-state index contributed by atoms with van der Waals surface area (Å²) in [7, 11) is 0. The maximum Gasteiger partial charge on any atom is 0.249 e. The second-order valence-electron chi connectivity index (χ2n) is 8.93. The summed E-state index contributed by atoms with van der Waals surface area (Å²) in [5.41, 5.74) is 1.97. The van der Waals surface area contributed by atoms with Crippen LogP contribution < -0.4 is 10.6 Å². The Labute approximate surface area is 232 Å². The molecule has 194 valence electrons. The van der Waals surface area contributed by atoms with Gasteiger partial charge in [-0.25, -0.2) is 14.1 Å². The molecule has 1 atom stereocenters. The van der Waals surface area contributed by atoms with Crippen molar-refractivity contribution >= 4 is 51.2 Å². The van der Waals surface area contributed by atoms with E-state index in [-0.39, 0.29) is 28.0 Å². The first kappa shape index (κ1) is 23.8. The number of rotatable bonds is 7. The van der Waals surface area contributed by atoms with Gasteiger partial charge in [-0.2, -0.15) is 9.65 Å². The number of hydrogen-bond acceptors (Lipinski definition) is 7. The van der Waals surface area contributed by atoms with Crippen molar-refractivity contribution in [3.63, 3.8) is 0 Å². The summed E-state index contributed by atoms with van der Waals surface area (Å²) in [5, 5.41) is 25.4. The Balaban J connectivity index is 1.49. The second-order valence-corrected chi connectivity index (χ2v) is 9.74. The Kier molecular flexibility index (Phi) is 6.15. The van der Waals surface area contributed by atoms with Gasteiger partial charge in [0.1, 0.15) is 11.8 Å². The number of nitrogens with zero attached hydrogens (tertiary/aromatic N) is 6. The van der Waals surface area contributed by atoms with Gasteiger partial charge in [-0.15, -0.1) is 5.10 Å². The summed E-state index contributed by atoms with van der Waals surface area (Å²) in [6.07, 6.45) is 6.13. The molecule has 0 amide bonds. The number of nitriles is 1. The summed E-state index contributed by atoms with van der Waals surface area (Å²) >= 11 is 13.2. The molecule has 1 saturated carbocycles. The molecule has 1 unspecified atom stereocenters. The fraction of sp³-hybridized carbons (Fsp3) is 0.148. The number of aromatic nitrogens is 5. The summed E-state index contributed by atoms with van der Waals surface area (Å²) in [5.74, 6) is -2.40. The van der Waals surface area contributed by atoms with Crippen molar-refractivity contribution in [3.05, 3.63) is 99.7 Å². The molecule has 2 N–H and O–H groups in total. The first-order chi connectivity index (χ1) is 19.3. The average Bonchev–Trinajstić information content (AvgIpc) is 3.66. The van der Waals surface area contributed by atoms with Crippen LogP contribution in [-0.4, -0.2) is 25.0 Å². The minimum absolute atomic E-state index is 0.111. The lowest BCUT2D eigenvalue weighted by molar-refractivity contribution is 0.480. The molecule has 1 aliphatic rings. The van der Waals surface area contributed by atoms with E-state index < -0.39 is 17.8 Å². The molecule has 5 aromatic rings. The van der Waals surface area contributed by atoms with Gasteiger partial charge in [0.15, 0.2) is 5.82 Å². The molecule has 6 rings (SSSR count). The monoisotopic (exact) mass is 563 g/mol. The van der Waals surface area contributed by atoms with E-state index in [9.17, 15) is 15.4 Å². The molecule has 2 aromatic carbocycles. The lowest BCUT2D eigenvalue weighted by Crippen LogP contribution is -2.14. The van der Waals surface area contributed by atoms with Crippen molar-refractivity contribution in [2.24, 2.45) is 0 Å². The molecule has 1 aliphatic carbocycles. The normalized spacial score (nSPS) is 14.9. The molecule has 0 saturated heterocycles. The number of hydrogen-bond donors (Lipinski definition) is 2. The summed E-state index contributed by atoms with van der Waals surface area (Å²) in [4.78, 5) is 7.71. The lowest BCUT2D eigenvalue weighted by Gasteiger charge is -2.21. The summed E-state index contributed by atoms with van der Waals surface area (Å²) < 4.78 is 38.6. The van der Waals surface area contributed by atoms with Crippen LogP contribution in [0.25, 0.3) is 10.9 Å². The Morgan fingerprint density at radius 2 is 1.90 bits per heavy atom. The van der Waals surface area contributed by atoms with E-state index in [2.05, 4.69) is 30.9 Å². The number of pyridine rings is 2. The minimum atomic E-state index is -1.68. The molecule has 12 heteroatoms. The Hall–Kier alpha value is -4.33. The maximum absolute atomic E-state index is 13.9. The van der Waals surface area contributed by atoms with E-state index in [1.165, 1.54) is 6.20 Å². The third-order valence-corrected chi connectivity index (χ3v) is 6.83. The van der Waals surface area contributed by atoms with E-state index in [0.29, 0.717) is 32.9 Å². The van der Waals surface area contributed by atoms with Gasteiger partial charge in [-0.3, -0.25) is 4.98 Å². The number of fused-ring (bicyclic) bond motifs is 1. The van der Waals surface area contributed by atoms with Gasteiger partial charge < -0.3 is 10.6 Å². The zero-order valence-electron chi connectivity index (χ0n) is 21.0. The van der Waals surface area contributed by atoms with E-state index in [0.717, 1.165) is 25.1 Å². The highest BCUT2D eigenvalue weighted by molar-refractivity contribution is 6.36. The topological polar surface area (TPSA) is 104 Å². The van der Waals surface area contributed by atoms with E-state index in [1.54, 1.807) is 47.3 Å². The smallest absolute Gasteiger partial charge is 0.249 e. The van der Waals surface area contributed by atoms with E-state index in [4.69, 9.17) is 23.2 Å². The SMILES string of the molecule is [2H]C(Nc1cc(Cl)c2ncc(C#N)c(Nc3cnc(F)c(F)c3)c2c1)(c1cn(C2CC2)nn1)c1ccccc1Cl. The van der Waals surface area contributed by atoms with Gasteiger partial charge in [0, 0.05) is 28.4 Å². The van der Waals surface area contributed by atoms with Crippen LogP contribution in [0.1, 0.15) is 43.1 Å². The van der Waals surface area contributed by atoms with Crippen LogP contribution in [0.4, 0.5) is 25.8 Å². The fourth-order valence-electron chi connectivity index (χ4n) is 4.17. The van der Waals surface area contributed by atoms with Crippen LogP contribution in [0.15, 0.2) is 61.1 Å². The van der Waals surface area contributed by atoms with Crippen molar-refractivity contribution in [1.29, 1.82) is 5.26 Å². The standard InChI is InChI=1S/C27H18Cl2F2N8/c28-20-4-2-1-3-18(20)26(23-13-39(38-37-23)17-5-6-17)35-15-7-19-24(36-16-9-22(30)27(31)34-12-16)14(10-32)11-33-25(19)21(29)8-15/h1-4,7-9,11-13,17,26,35H,5-6H2,(H,33,36)/i26D. The predicted octanol–water partition coefficient (Wildman–Crippen LogP) is 6.96. The van der Waals surface area contributed by atoms with Gasteiger partial charge in [-0.05, 0) is 36.6 Å². The summed E-state index contributed by atoms with van der Waals surface area (Å²) in [6, 6.07) is 11.7. The molecular formula is C27H18Cl2F2N8. The Morgan fingerprint density at radius 1 is 1.08 bits per heavy atom. The largest absolute Gasteiger partial charge is 0.373 e. The van der Waals surface area contributed by atoms with Gasteiger partial charge >= 0.3 is 0 Å². The van der Waals surface area contributed by atoms with Crippen LogP contribution in [0.5, 0.6) is 0 Å². The highest BCUT2D eigenvalue weighted by Gasteiger charge is 2.28. The molecular weight excluding hydrogens is 545 g/mol. The molecule has 0 radical (unpaired) electrons. The van der Waals surface area contributed by atoms with Crippen LogP contribution in [0.3, 0.4) is 0 Å². The molecule has 0 aliphatic heterocycles. The lowest BCUT2D eigenvalue weighted by atomic mass is 10.0. The van der Waals surface area contributed by atoms with Gasteiger partial charge in [0.25, 0.3) is 0 Å². The third-order valence-electron chi connectivity index (χ3n) is 6.21. The number of nitrogens with one attached hydrogen (secondary N) is 2. The van der Waals surface area contributed by atoms with Gasteiger partial charge in [-0.1, -0.05) is 46.6 Å². The quantitative estimate of drug-likeness (QED) is 0.206. The number of anilines is 3. The Bertz CT molecular complexity index is 1820. The van der Waals surface area contributed by atoms with Gasteiger partial charge in [0.05, 0.1) is 53.3 Å². The van der Waals surface area contributed by atoms with E-state index >= 15 is 0 Å². The Morgan fingerprint density at radius 3 is 2.64 bits per heavy atom. The number of halogens is 4. The molecule has 0 spiro atoms. The van der Waals surface area contributed by atoms with Crippen LogP contribution in [0, 0.1) is 23.1 Å². The molecule has 3 heterocycles. The maximum atomic E-state index is 13.9. The zero-order valence-corrected chi connectivity index (χ0v) is 21.5. The first-order valence-electron chi connectivity index (χ1n) is 12.3. The van der Waals surface area contributed by atoms with Crippen molar-refractivity contribution in [2.45, 2.75) is 24.9 Å². The summed E-state index contributed by atoms with van der Waals surface area (Å²) in [6.45, 7) is 0. The van der Waals surface area contributed by atoms with Gasteiger partial charge in [0.2, 0.25) is 5.95 Å². The number of benzene rings is 2. The van der Waals surface area contributed by atoms with Crippen LogP contribution >= 0.6 is 23.2 Å². The van der Waals surface area contributed by atoms with Crippen LogP contribution in [-0.2, 0) is 0 Å². The van der Waals surface area contributed by atoms with Crippen molar-refractivity contribution in [3.8, 4) is 6.07 Å². The molecule has 39 heavy (non-hydrogen) atoms. The molecule has 0 bridgehead atoms. The second kappa shape index (κ2) is 10.1. The first-order valence-corrected chi connectivity index (χ1v) is 12.6. The third kappa shape index (κ3) is 4.94. The minimum Gasteiger partial charge on any atom is -0.373 e.